The van der Waals surface area contributed by atoms with E-state index >= 15 is 0 Å². The van der Waals surface area contributed by atoms with E-state index in [1.54, 1.807) is 0 Å². The summed E-state index contributed by atoms with van der Waals surface area (Å²) in [6.07, 6.45) is 0. The largest absolute Gasteiger partial charge is 0.0622 e. The molecule has 0 heterocycles. The van der Waals surface area contributed by atoms with Crippen LogP contribution < -0.4 is 0 Å². The summed E-state index contributed by atoms with van der Waals surface area (Å²) in [5.74, 6) is 0. The minimum Gasteiger partial charge on any atom is -0.0622 e. The molecule has 0 N–H and O–H groups in total. The van der Waals surface area contributed by atoms with Gasteiger partial charge in [-0.2, -0.15) is 0 Å². The van der Waals surface area contributed by atoms with Crippen molar-refractivity contribution in [2.45, 2.75) is 0 Å². The van der Waals surface area contributed by atoms with E-state index in [0.717, 1.165) is 0 Å². The van der Waals surface area contributed by atoms with Crippen LogP contribution in [0.1, 0.15) is 0 Å². The molecular weight excluding hydrogens is 456 g/mol. The van der Waals surface area contributed by atoms with Gasteiger partial charge >= 0.3 is 0 Å². The second kappa shape index (κ2) is 9.50. The van der Waals surface area contributed by atoms with Crippen molar-refractivity contribution in [3.8, 4) is 44.5 Å². The van der Waals surface area contributed by atoms with Gasteiger partial charge in [-0.05, 0) is 66.1 Å². The maximum absolute atomic E-state index is 2.29. The van der Waals surface area contributed by atoms with Crippen LogP contribution in [0.25, 0.3) is 66.1 Å². The quantitative estimate of drug-likeness (QED) is 0.219. The second-order valence-electron chi connectivity index (χ2n) is 9.66. The summed E-state index contributed by atoms with van der Waals surface area (Å²) in [4.78, 5) is 0. The molecule has 0 saturated heterocycles. The molecule has 0 aliphatic rings. The van der Waals surface area contributed by atoms with Gasteiger partial charge < -0.3 is 0 Å². The van der Waals surface area contributed by atoms with E-state index in [1.165, 1.54) is 66.1 Å². The van der Waals surface area contributed by atoms with Gasteiger partial charge in [0.2, 0.25) is 0 Å². The first-order chi connectivity index (χ1) is 18.9. The molecule has 0 atom stereocenters. The molecule has 0 spiro atoms. The zero-order valence-electron chi connectivity index (χ0n) is 21.0. The van der Waals surface area contributed by atoms with Crippen LogP contribution >= 0.6 is 0 Å². The van der Waals surface area contributed by atoms with E-state index in [-0.39, 0.29) is 0 Å². The Balaban J connectivity index is 1.61. The zero-order chi connectivity index (χ0) is 25.3. The Labute approximate surface area is 223 Å². The summed E-state index contributed by atoms with van der Waals surface area (Å²) in [7, 11) is 0. The lowest BCUT2D eigenvalue weighted by molar-refractivity contribution is 1.60. The maximum Gasteiger partial charge on any atom is -0.00201 e. The first kappa shape index (κ1) is 22.3. The van der Waals surface area contributed by atoms with Crippen molar-refractivity contribution in [1.29, 1.82) is 0 Å². The summed E-state index contributed by atoms with van der Waals surface area (Å²) in [6.45, 7) is 0. The standard InChI is InChI=1S/C38H26/c1-3-15-27(16-4-1)29-19-7-9-21-31(29)37-33-23-11-13-25-35(33)38(36-26-14-12-24-34(36)37)32-22-10-8-20-30(32)28-17-5-2-6-18-28/h1-26H. The zero-order valence-corrected chi connectivity index (χ0v) is 21.0. The van der Waals surface area contributed by atoms with Crippen molar-refractivity contribution in [3.05, 3.63) is 158 Å². The highest BCUT2D eigenvalue weighted by molar-refractivity contribution is 6.23. The minimum atomic E-state index is 1.23. The molecule has 0 nitrogen and oxygen atoms in total. The van der Waals surface area contributed by atoms with Crippen molar-refractivity contribution >= 4 is 21.5 Å². The minimum absolute atomic E-state index is 1.23. The molecule has 7 rings (SSSR count). The van der Waals surface area contributed by atoms with Gasteiger partial charge in [0.1, 0.15) is 0 Å². The fraction of sp³-hybridized carbons (Fsp3) is 0. The molecule has 0 aromatic heterocycles. The van der Waals surface area contributed by atoms with Crippen molar-refractivity contribution in [2.75, 3.05) is 0 Å². The van der Waals surface area contributed by atoms with Gasteiger partial charge in [0.15, 0.2) is 0 Å². The predicted molar refractivity (Wildman–Crippen MR) is 163 cm³/mol. The lowest BCUT2D eigenvalue weighted by Gasteiger charge is -2.21. The van der Waals surface area contributed by atoms with Gasteiger partial charge in [-0.25, -0.2) is 0 Å². The first-order valence-corrected chi connectivity index (χ1v) is 13.1. The average molecular weight is 483 g/mol. The Morgan fingerprint density at radius 3 is 0.816 bits per heavy atom. The maximum atomic E-state index is 2.29. The lowest BCUT2D eigenvalue weighted by atomic mass is 9.82. The van der Waals surface area contributed by atoms with Crippen molar-refractivity contribution in [1.82, 2.24) is 0 Å². The third kappa shape index (κ3) is 3.70. The summed E-state index contributed by atoms with van der Waals surface area (Å²) in [5.41, 5.74) is 10.1. The van der Waals surface area contributed by atoms with E-state index in [9.17, 15) is 0 Å². The van der Waals surface area contributed by atoms with Crippen LogP contribution in [0.5, 0.6) is 0 Å². The van der Waals surface area contributed by atoms with E-state index in [4.69, 9.17) is 0 Å². The topological polar surface area (TPSA) is 0 Å². The first-order valence-electron chi connectivity index (χ1n) is 13.1. The molecule has 0 heteroatoms. The van der Waals surface area contributed by atoms with Gasteiger partial charge in [-0.15, -0.1) is 0 Å². The molecule has 0 saturated carbocycles. The normalized spacial score (nSPS) is 11.2. The van der Waals surface area contributed by atoms with E-state index in [1.807, 2.05) is 0 Å². The fourth-order valence-electron chi connectivity index (χ4n) is 5.85. The summed E-state index contributed by atoms with van der Waals surface area (Å²) < 4.78 is 0. The molecule has 7 aromatic rings. The van der Waals surface area contributed by atoms with Crippen LogP contribution in [-0.2, 0) is 0 Å². The molecule has 0 aliphatic carbocycles. The number of fused-ring (bicyclic) bond motifs is 2. The Kier molecular flexibility index (Phi) is 5.57. The third-order valence-electron chi connectivity index (χ3n) is 7.49. The number of hydrogen-bond donors (Lipinski definition) is 0. The third-order valence-corrected chi connectivity index (χ3v) is 7.49. The molecule has 0 amide bonds. The van der Waals surface area contributed by atoms with E-state index in [2.05, 4.69) is 158 Å². The van der Waals surface area contributed by atoms with Gasteiger partial charge in [-0.3, -0.25) is 0 Å². The van der Waals surface area contributed by atoms with Crippen LogP contribution in [0, 0.1) is 0 Å². The van der Waals surface area contributed by atoms with Crippen LogP contribution in [-0.4, -0.2) is 0 Å². The van der Waals surface area contributed by atoms with Crippen LogP contribution in [0.4, 0.5) is 0 Å². The Hall–Kier alpha value is -4.94. The van der Waals surface area contributed by atoms with Crippen LogP contribution in [0.2, 0.25) is 0 Å². The Bertz CT molecular complexity index is 1700. The molecule has 0 aliphatic heterocycles. The molecule has 0 radical (unpaired) electrons. The molecule has 178 valence electrons. The van der Waals surface area contributed by atoms with Gasteiger partial charge in [0.05, 0.1) is 0 Å². The van der Waals surface area contributed by atoms with E-state index in [0.29, 0.717) is 0 Å². The Morgan fingerprint density at radius 1 is 0.211 bits per heavy atom. The number of rotatable bonds is 4. The molecule has 0 fully saturated rings. The van der Waals surface area contributed by atoms with Gasteiger partial charge in [-0.1, -0.05) is 158 Å². The summed E-state index contributed by atoms with van der Waals surface area (Å²) in [5, 5.41) is 5.08. The molecule has 7 aromatic carbocycles. The summed E-state index contributed by atoms with van der Waals surface area (Å²) in [6, 6.07) is 56.9. The number of benzene rings is 7. The van der Waals surface area contributed by atoms with Crippen molar-refractivity contribution < 1.29 is 0 Å². The average Bonchev–Trinajstić information content (AvgIpc) is 3.01. The number of hydrogen-bond acceptors (Lipinski definition) is 0. The van der Waals surface area contributed by atoms with Crippen LogP contribution in [0.15, 0.2) is 158 Å². The monoisotopic (exact) mass is 482 g/mol. The van der Waals surface area contributed by atoms with E-state index < -0.39 is 0 Å². The van der Waals surface area contributed by atoms with Gasteiger partial charge in [0, 0.05) is 0 Å². The van der Waals surface area contributed by atoms with Gasteiger partial charge in [0.25, 0.3) is 0 Å². The molecular formula is C38H26. The summed E-state index contributed by atoms with van der Waals surface area (Å²) >= 11 is 0. The highest BCUT2D eigenvalue weighted by Crippen LogP contribution is 2.47. The molecule has 0 unspecified atom stereocenters. The molecule has 0 bridgehead atoms. The van der Waals surface area contributed by atoms with Crippen molar-refractivity contribution in [2.24, 2.45) is 0 Å². The second-order valence-corrected chi connectivity index (χ2v) is 9.66. The Morgan fingerprint density at radius 2 is 0.474 bits per heavy atom. The highest BCUT2D eigenvalue weighted by atomic mass is 14.2. The predicted octanol–water partition coefficient (Wildman–Crippen LogP) is 10.7. The van der Waals surface area contributed by atoms with Crippen molar-refractivity contribution in [3.63, 3.8) is 0 Å². The SMILES string of the molecule is c1ccc(-c2ccccc2-c2c3ccccc3c(-c3ccccc3-c3ccccc3)c3ccccc23)cc1. The smallest absolute Gasteiger partial charge is 0.00201 e. The molecule has 38 heavy (non-hydrogen) atoms. The van der Waals surface area contributed by atoms with Crippen LogP contribution in [0.3, 0.4) is 0 Å². The highest BCUT2D eigenvalue weighted by Gasteiger charge is 2.20. The fourth-order valence-corrected chi connectivity index (χ4v) is 5.85. The lowest BCUT2D eigenvalue weighted by Crippen LogP contribution is -1.93.